The number of phenolic OH excluding ortho intramolecular Hbond substituents is 2. The number of hydrogen-bond acceptors (Lipinski definition) is 9. The highest BCUT2D eigenvalue weighted by molar-refractivity contribution is 7.99. The third-order valence-corrected chi connectivity index (χ3v) is 9.27. The number of ketones is 2. The van der Waals surface area contributed by atoms with Gasteiger partial charge in [-0.05, 0) is 78.7 Å². The summed E-state index contributed by atoms with van der Waals surface area (Å²) < 4.78 is 82.2. The molecule has 0 radical (unpaired) electrons. The van der Waals surface area contributed by atoms with Crippen molar-refractivity contribution in [1.29, 1.82) is 0 Å². The first-order valence-electron chi connectivity index (χ1n) is 13.8. The lowest BCUT2D eigenvalue weighted by Gasteiger charge is -2.16. The van der Waals surface area contributed by atoms with Gasteiger partial charge in [-0.15, -0.1) is 5.10 Å². The Morgan fingerprint density at radius 3 is 1.98 bits per heavy atom. The van der Waals surface area contributed by atoms with Crippen molar-refractivity contribution in [2.45, 2.75) is 29.1 Å². The summed E-state index contributed by atoms with van der Waals surface area (Å²) in [6, 6.07) is 4.34. The standard InChI is InChI=1S/C29H20Cl3F6N7O4S/c1-43(2)7-8-44-27(40-41-42-44)50-26-16(30)11-17(23(48)14-5-3-12(9-18(14)46)28(33,34)35)45(26)22-20(31)25(32)39-21(22)24(49)15-6-4-13(10-19(15)47)29(36,37)38/h3-6,9-11,39,46-47H,7-8H2,1-2H3. The van der Waals surface area contributed by atoms with Crippen LogP contribution in [-0.2, 0) is 18.9 Å². The number of aromatic nitrogens is 6. The van der Waals surface area contributed by atoms with Gasteiger partial charge in [0.2, 0.25) is 16.7 Å². The molecule has 0 amide bonds. The van der Waals surface area contributed by atoms with Gasteiger partial charge in [0.1, 0.15) is 32.4 Å². The van der Waals surface area contributed by atoms with Gasteiger partial charge in [-0.1, -0.05) is 34.8 Å². The Labute approximate surface area is 296 Å². The molecule has 0 spiro atoms. The van der Waals surface area contributed by atoms with Gasteiger partial charge in [0.05, 0.1) is 45.2 Å². The first-order valence-corrected chi connectivity index (χ1v) is 15.7. The SMILES string of the molecule is CN(C)CCn1nnnc1Sc1c(Cl)cc(C(=O)c2ccc(C(F)(F)F)cc2O)n1-c1c(C(=O)c2ccc(C(F)(F)F)cc2O)[nH]c(Cl)c1Cl. The molecule has 5 aromatic rings. The molecule has 5 rings (SSSR count). The Morgan fingerprint density at radius 1 is 0.900 bits per heavy atom. The summed E-state index contributed by atoms with van der Waals surface area (Å²) in [7, 11) is 3.61. The van der Waals surface area contributed by atoms with E-state index in [1.165, 1.54) is 4.68 Å². The van der Waals surface area contributed by atoms with Crippen molar-refractivity contribution in [3.05, 3.63) is 91.3 Å². The molecule has 0 aliphatic carbocycles. The second-order valence-electron chi connectivity index (χ2n) is 10.7. The molecule has 0 saturated carbocycles. The number of carbonyl (C=O) groups excluding carboxylic acids is 2. The molecule has 0 bridgehead atoms. The lowest BCUT2D eigenvalue weighted by molar-refractivity contribution is -0.138. The highest BCUT2D eigenvalue weighted by Gasteiger charge is 2.36. The topological polar surface area (TPSA) is 142 Å². The Kier molecular flexibility index (Phi) is 10.2. The van der Waals surface area contributed by atoms with Crippen LogP contribution >= 0.6 is 46.6 Å². The van der Waals surface area contributed by atoms with Crippen LogP contribution in [0.1, 0.15) is 43.2 Å². The lowest BCUT2D eigenvalue weighted by atomic mass is 10.0. The molecule has 0 aliphatic heterocycles. The lowest BCUT2D eigenvalue weighted by Crippen LogP contribution is -2.19. The van der Waals surface area contributed by atoms with Crippen LogP contribution in [0.2, 0.25) is 15.2 Å². The number of nitrogens with zero attached hydrogens (tertiary/aromatic N) is 6. The number of rotatable bonds is 10. The van der Waals surface area contributed by atoms with Crippen LogP contribution in [0, 0.1) is 0 Å². The zero-order valence-electron chi connectivity index (χ0n) is 25.2. The van der Waals surface area contributed by atoms with Crippen molar-refractivity contribution in [2.75, 3.05) is 20.6 Å². The summed E-state index contributed by atoms with van der Waals surface area (Å²) in [5.41, 5.74) is -5.11. The van der Waals surface area contributed by atoms with Crippen molar-refractivity contribution in [3.63, 3.8) is 0 Å². The smallest absolute Gasteiger partial charge is 0.416 e. The minimum absolute atomic E-state index is 0.0782. The maximum absolute atomic E-state index is 14.0. The summed E-state index contributed by atoms with van der Waals surface area (Å²) in [5.74, 6) is -4.32. The second-order valence-corrected chi connectivity index (χ2v) is 12.8. The Bertz CT molecular complexity index is 2130. The van der Waals surface area contributed by atoms with E-state index in [0.29, 0.717) is 30.8 Å². The molecular weight excluding hydrogens is 763 g/mol. The van der Waals surface area contributed by atoms with Gasteiger partial charge in [0.25, 0.3) is 0 Å². The third kappa shape index (κ3) is 7.29. The van der Waals surface area contributed by atoms with E-state index in [-0.39, 0.29) is 26.9 Å². The van der Waals surface area contributed by atoms with Gasteiger partial charge < -0.3 is 20.1 Å². The first kappa shape index (κ1) is 37.0. The van der Waals surface area contributed by atoms with E-state index in [2.05, 4.69) is 20.5 Å². The van der Waals surface area contributed by atoms with Crippen molar-refractivity contribution >= 4 is 58.1 Å². The summed E-state index contributed by atoms with van der Waals surface area (Å²) >= 11 is 20.3. The average molecular weight is 783 g/mol. The quantitative estimate of drug-likeness (QED) is 0.0978. The molecule has 21 heteroatoms. The Balaban J connectivity index is 1.73. The number of H-pyrrole nitrogens is 1. The number of hydrogen-bond donors (Lipinski definition) is 3. The second kappa shape index (κ2) is 13.8. The molecule has 2 aromatic carbocycles. The van der Waals surface area contributed by atoms with Crippen LogP contribution in [-0.4, -0.2) is 77.1 Å². The van der Waals surface area contributed by atoms with Gasteiger partial charge in [-0.25, -0.2) is 4.68 Å². The maximum atomic E-state index is 14.0. The zero-order chi connectivity index (χ0) is 36.9. The third-order valence-electron chi connectivity index (χ3n) is 7.05. The van der Waals surface area contributed by atoms with Crippen molar-refractivity contribution < 1.29 is 46.1 Å². The highest BCUT2D eigenvalue weighted by Crippen LogP contribution is 2.44. The molecule has 0 fully saturated rings. The van der Waals surface area contributed by atoms with Gasteiger partial charge in [-0.3, -0.25) is 14.2 Å². The fourth-order valence-corrected chi connectivity index (χ4v) is 6.26. The van der Waals surface area contributed by atoms with E-state index in [1.807, 2.05) is 4.90 Å². The van der Waals surface area contributed by atoms with Gasteiger partial charge in [0.15, 0.2) is 0 Å². The molecule has 0 atom stereocenters. The molecule has 3 heterocycles. The summed E-state index contributed by atoms with van der Waals surface area (Å²) in [5, 5.41) is 31.6. The zero-order valence-corrected chi connectivity index (χ0v) is 28.2. The minimum atomic E-state index is -4.85. The van der Waals surface area contributed by atoms with Crippen LogP contribution in [0.25, 0.3) is 5.69 Å². The molecule has 11 nitrogen and oxygen atoms in total. The Hall–Kier alpha value is -4.23. The molecule has 0 saturated heterocycles. The molecule has 50 heavy (non-hydrogen) atoms. The number of aromatic amines is 1. The number of aromatic hydroxyl groups is 2. The number of alkyl halides is 6. The van der Waals surface area contributed by atoms with Crippen molar-refractivity contribution in [3.8, 4) is 17.2 Å². The predicted molar refractivity (Wildman–Crippen MR) is 169 cm³/mol. The van der Waals surface area contributed by atoms with E-state index in [0.717, 1.165) is 34.5 Å². The fraction of sp³-hybridized carbons (Fsp3) is 0.207. The van der Waals surface area contributed by atoms with Gasteiger partial charge in [0, 0.05) is 6.54 Å². The van der Waals surface area contributed by atoms with Crippen molar-refractivity contribution in [1.82, 2.24) is 34.7 Å². The number of nitrogens with one attached hydrogen (secondary N) is 1. The molecule has 264 valence electrons. The fourth-order valence-electron chi connectivity index (χ4n) is 4.62. The van der Waals surface area contributed by atoms with Gasteiger partial charge >= 0.3 is 12.4 Å². The molecule has 3 aromatic heterocycles. The maximum Gasteiger partial charge on any atom is 0.416 e. The number of phenols is 2. The number of carbonyl (C=O) groups is 2. The number of tetrazole rings is 1. The number of likely N-dealkylation sites (N-methyl/N-ethyl adjacent to an activating group) is 1. The number of benzene rings is 2. The van der Waals surface area contributed by atoms with E-state index in [1.54, 1.807) is 14.1 Å². The summed E-state index contributed by atoms with van der Waals surface area (Å²) in [4.78, 5) is 32.2. The van der Waals surface area contributed by atoms with E-state index in [9.17, 15) is 46.1 Å². The van der Waals surface area contributed by atoms with E-state index >= 15 is 0 Å². The molecular formula is C29H20Cl3F6N7O4S. The minimum Gasteiger partial charge on any atom is -0.507 e. The molecule has 0 unspecified atom stereocenters. The molecule has 3 N–H and O–H groups in total. The predicted octanol–water partition coefficient (Wildman–Crippen LogP) is 7.38. The van der Waals surface area contributed by atoms with Crippen LogP contribution in [0.5, 0.6) is 11.5 Å². The Morgan fingerprint density at radius 2 is 1.46 bits per heavy atom. The van der Waals surface area contributed by atoms with Gasteiger partial charge in [-0.2, -0.15) is 26.3 Å². The van der Waals surface area contributed by atoms with Crippen LogP contribution in [0.4, 0.5) is 26.3 Å². The average Bonchev–Trinajstić information content (AvgIpc) is 3.69. The largest absolute Gasteiger partial charge is 0.507 e. The van der Waals surface area contributed by atoms with Crippen LogP contribution in [0.3, 0.4) is 0 Å². The monoisotopic (exact) mass is 781 g/mol. The highest BCUT2D eigenvalue weighted by atomic mass is 35.5. The van der Waals surface area contributed by atoms with Crippen molar-refractivity contribution in [2.24, 2.45) is 0 Å². The first-order chi connectivity index (χ1) is 23.3. The van der Waals surface area contributed by atoms with Crippen LogP contribution < -0.4 is 0 Å². The number of halogens is 9. The van der Waals surface area contributed by atoms with E-state index < -0.39 is 79.8 Å². The summed E-state index contributed by atoms with van der Waals surface area (Å²) in [6.07, 6.45) is -9.70. The normalized spacial score (nSPS) is 12.2. The van der Waals surface area contributed by atoms with E-state index in [4.69, 9.17) is 34.8 Å². The summed E-state index contributed by atoms with van der Waals surface area (Å²) in [6.45, 7) is 0.762. The van der Waals surface area contributed by atoms with Crippen LogP contribution in [0.15, 0.2) is 52.6 Å². The molecule has 0 aliphatic rings.